The molecule has 102 valence electrons. The Hall–Kier alpha value is -1.40. The average Bonchev–Trinajstić information content (AvgIpc) is 2.69. The third-order valence-corrected chi connectivity index (χ3v) is 3.70. The van der Waals surface area contributed by atoms with Crippen LogP contribution in [0.1, 0.15) is 23.1 Å². The SMILES string of the molecule is Cc1nc(SCC(N)c2cc(F)ccc2F)oc1C. The molecule has 6 heteroatoms. The molecule has 2 rings (SSSR count). The second-order valence-corrected chi connectivity index (χ2v) is 5.18. The predicted octanol–water partition coefficient (Wildman–Crippen LogP) is 3.36. The fraction of sp³-hybridized carbons (Fsp3) is 0.308. The molecule has 1 aromatic carbocycles. The summed E-state index contributed by atoms with van der Waals surface area (Å²) in [6.45, 7) is 3.66. The normalized spacial score (nSPS) is 12.7. The Kier molecular flexibility index (Phi) is 4.21. The number of hydrogen-bond acceptors (Lipinski definition) is 4. The molecule has 1 aromatic heterocycles. The van der Waals surface area contributed by atoms with Gasteiger partial charge in [-0.2, -0.15) is 0 Å². The Morgan fingerprint density at radius 1 is 1.37 bits per heavy atom. The number of benzene rings is 1. The summed E-state index contributed by atoms with van der Waals surface area (Å²) >= 11 is 1.28. The second-order valence-electron chi connectivity index (χ2n) is 4.20. The average molecular weight is 284 g/mol. The molecule has 0 bridgehead atoms. The fourth-order valence-corrected chi connectivity index (χ4v) is 2.44. The number of nitrogens with zero attached hydrogens (tertiary/aromatic N) is 1. The van der Waals surface area contributed by atoms with Crippen molar-refractivity contribution in [1.29, 1.82) is 0 Å². The lowest BCUT2D eigenvalue weighted by atomic mass is 10.1. The molecule has 0 amide bonds. The van der Waals surface area contributed by atoms with E-state index < -0.39 is 17.7 Å². The van der Waals surface area contributed by atoms with Gasteiger partial charge in [-0.05, 0) is 32.0 Å². The van der Waals surface area contributed by atoms with Crippen LogP contribution in [0.3, 0.4) is 0 Å². The van der Waals surface area contributed by atoms with Gasteiger partial charge < -0.3 is 10.2 Å². The molecule has 0 aliphatic carbocycles. The summed E-state index contributed by atoms with van der Waals surface area (Å²) in [5.41, 5.74) is 6.83. The van der Waals surface area contributed by atoms with Crippen molar-refractivity contribution < 1.29 is 13.2 Å². The van der Waals surface area contributed by atoms with Crippen LogP contribution in [0.15, 0.2) is 27.8 Å². The summed E-state index contributed by atoms with van der Waals surface area (Å²) in [5, 5.41) is 0.488. The monoisotopic (exact) mass is 284 g/mol. The van der Waals surface area contributed by atoms with Crippen LogP contribution in [0.25, 0.3) is 0 Å². The van der Waals surface area contributed by atoms with Crippen molar-refractivity contribution in [3.63, 3.8) is 0 Å². The first-order chi connectivity index (χ1) is 8.97. The Labute approximate surface area is 114 Å². The summed E-state index contributed by atoms with van der Waals surface area (Å²) in [6, 6.07) is 2.65. The van der Waals surface area contributed by atoms with Gasteiger partial charge in [-0.25, -0.2) is 13.8 Å². The van der Waals surface area contributed by atoms with E-state index in [4.69, 9.17) is 10.2 Å². The minimum atomic E-state index is -0.617. The minimum Gasteiger partial charge on any atom is -0.437 e. The maximum Gasteiger partial charge on any atom is 0.256 e. The summed E-state index contributed by atoms with van der Waals surface area (Å²) in [5.74, 6) is 0.0988. The largest absolute Gasteiger partial charge is 0.437 e. The van der Waals surface area contributed by atoms with Gasteiger partial charge in [0.1, 0.15) is 17.4 Å². The number of rotatable bonds is 4. The highest BCUT2D eigenvalue weighted by Crippen LogP contribution is 2.26. The standard InChI is InChI=1S/C13H14F2N2OS/c1-7-8(2)18-13(17-7)19-6-12(16)10-5-9(14)3-4-11(10)15/h3-5,12H,6,16H2,1-2H3. The van der Waals surface area contributed by atoms with E-state index >= 15 is 0 Å². The van der Waals surface area contributed by atoms with Crippen LogP contribution in [-0.4, -0.2) is 10.7 Å². The zero-order chi connectivity index (χ0) is 14.0. The van der Waals surface area contributed by atoms with E-state index in [1.165, 1.54) is 11.8 Å². The van der Waals surface area contributed by atoms with Gasteiger partial charge in [0.2, 0.25) is 0 Å². The lowest BCUT2D eigenvalue weighted by Gasteiger charge is -2.11. The number of aryl methyl sites for hydroxylation is 2. The number of oxazole rings is 1. The molecule has 0 spiro atoms. The molecule has 1 atom stereocenters. The van der Waals surface area contributed by atoms with Crippen LogP contribution in [0, 0.1) is 25.5 Å². The Balaban J connectivity index is 2.04. The van der Waals surface area contributed by atoms with E-state index in [1.54, 1.807) is 0 Å². The predicted molar refractivity (Wildman–Crippen MR) is 70.0 cm³/mol. The zero-order valence-electron chi connectivity index (χ0n) is 10.6. The molecule has 0 fully saturated rings. The van der Waals surface area contributed by atoms with Gasteiger partial charge in [-0.15, -0.1) is 0 Å². The molecular formula is C13H14F2N2OS. The van der Waals surface area contributed by atoms with Crippen LogP contribution >= 0.6 is 11.8 Å². The molecule has 0 aliphatic rings. The van der Waals surface area contributed by atoms with E-state index in [9.17, 15) is 8.78 Å². The van der Waals surface area contributed by atoms with Crippen molar-refractivity contribution in [3.05, 3.63) is 46.9 Å². The number of thioether (sulfide) groups is 1. The smallest absolute Gasteiger partial charge is 0.256 e. The van der Waals surface area contributed by atoms with Crippen LogP contribution in [0.4, 0.5) is 8.78 Å². The van der Waals surface area contributed by atoms with Crippen LogP contribution < -0.4 is 5.73 Å². The fourth-order valence-electron chi connectivity index (χ4n) is 1.55. The summed E-state index contributed by atoms with van der Waals surface area (Å²) in [6.07, 6.45) is 0. The maximum atomic E-state index is 13.5. The second kappa shape index (κ2) is 5.71. The topological polar surface area (TPSA) is 52.0 Å². The molecule has 3 nitrogen and oxygen atoms in total. The highest BCUT2D eigenvalue weighted by Gasteiger charge is 2.15. The number of aromatic nitrogens is 1. The maximum absolute atomic E-state index is 13.5. The van der Waals surface area contributed by atoms with Crippen molar-refractivity contribution in [3.8, 4) is 0 Å². The summed E-state index contributed by atoms with van der Waals surface area (Å²) < 4.78 is 32.0. The van der Waals surface area contributed by atoms with Gasteiger partial charge in [0.15, 0.2) is 0 Å². The molecule has 0 aliphatic heterocycles. The first-order valence-electron chi connectivity index (χ1n) is 5.74. The number of nitrogens with two attached hydrogens (primary N) is 1. The van der Waals surface area contributed by atoms with Gasteiger partial charge in [-0.3, -0.25) is 0 Å². The molecule has 1 heterocycles. The Morgan fingerprint density at radius 2 is 2.11 bits per heavy atom. The van der Waals surface area contributed by atoms with Crippen LogP contribution in [-0.2, 0) is 0 Å². The molecule has 0 saturated carbocycles. The highest BCUT2D eigenvalue weighted by molar-refractivity contribution is 7.99. The van der Waals surface area contributed by atoms with Gasteiger partial charge in [0.25, 0.3) is 5.22 Å². The Morgan fingerprint density at radius 3 is 2.74 bits per heavy atom. The molecule has 0 radical (unpaired) electrons. The van der Waals surface area contributed by atoms with Crippen molar-refractivity contribution in [2.24, 2.45) is 5.73 Å². The number of hydrogen-bond donors (Lipinski definition) is 1. The molecular weight excluding hydrogens is 270 g/mol. The lowest BCUT2D eigenvalue weighted by molar-refractivity contribution is 0.430. The molecule has 0 saturated heterocycles. The van der Waals surface area contributed by atoms with Crippen molar-refractivity contribution >= 4 is 11.8 Å². The van der Waals surface area contributed by atoms with E-state index in [1.807, 2.05) is 13.8 Å². The van der Waals surface area contributed by atoms with Crippen molar-refractivity contribution in [1.82, 2.24) is 4.98 Å². The number of halogens is 2. The zero-order valence-corrected chi connectivity index (χ0v) is 11.4. The third kappa shape index (κ3) is 3.33. The quantitative estimate of drug-likeness (QED) is 0.875. The van der Waals surface area contributed by atoms with Crippen molar-refractivity contribution in [2.45, 2.75) is 25.1 Å². The highest BCUT2D eigenvalue weighted by atomic mass is 32.2. The van der Waals surface area contributed by atoms with Gasteiger partial charge in [0.05, 0.1) is 5.69 Å². The van der Waals surface area contributed by atoms with Gasteiger partial charge in [-0.1, -0.05) is 11.8 Å². The molecule has 2 aromatic rings. The first kappa shape index (κ1) is 14.0. The summed E-state index contributed by atoms with van der Waals surface area (Å²) in [7, 11) is 0. The lowest BCUT2D eigenvalue weighted by Crippen LogP contribution is -2.15. The van der Waals surface area contributed by atoms with E-state index in [0.717, 1.165) is 29.7 Å². The Bertz CT molecular complexity index is 567. The van der Waals surface area contributed by atoms with Crippen LogP contribution in [0.2, 0.25) is 0 Å². The molecule has 1 unspecified atom stereocenters. The van der Waals surface area contributed by atoms with E-state index in [-0.39, 0.29) is 5.56 Å². The minimum absolute atomic E-state index is 0.160. The van der Waals surface area contributed by atoms with E-state index in [2.05, 4.69) is 4.98 Å². The molecule has 2 N–H and O–H groups in total. The first-order valence-corrected chi connectivity index (χ1v) is 6.73. The van der Waals surface area contributed by atoms with Crippen molar-refractivity contribution in [2.75, 3.05) is 5.75 Å². The third-order valence-electron chi connectivity index (χ3n) is 2.75. The van der Waals surface area contributed by atoms with Gasteiger partial charge >= 0.3 is 0 Å². The summed E-state index contributed by atoms with van der Waals surface area (Å²) in [4.78, 5) is 4.19. The van der Waals surface area contributed by atoms with E-state index in [0.29, 0.717) is 11.0 Å². The van der Waals surface area contributed by atoms with Crippen LogP contribution in [0.5, 0.6) is 0 Å². The molecule has 19 heavy (non-hydrogen) atoms. The van der Waals surface area contributed by atoms with Gasteiger partial charge in [0, 0.05) is 17.4 Å².